The average Bonchev–Trinajstić information content (AvgIpc) is 2.83. The number of aliphatic hydroxyl groups is 1. The zero-order valence-corrected chi connectivity index (χ0v) is 20.6. The van der Waals surface area contributed by atoms with Gasteiger partial charge >= 0.3 is 5.97 Å². The summed E-state index contributed by atoms with van der Waals surface area (Å²) in [6.07, 6.45) is 7.94. The maximum absolute atomic E-state index is 13.5. The second-order valence-corrected chi connectivity index (χ2v) is 11.4. The first kappa shape index (κ1) is 23.8. The molecule has 4 saturated carbocycles. The number of hydrogen-bond acceptors (Lipinski definition) is 4. The summed E-state index contributed by atoms with van der Waals surface area (Å²) in [6, 6.07) is 17.5. The first-order valence-electron chi connectivity index (χ1n) is 12.7. The molecule has 4 fully saturated rings. The van der Waals surface area contributed by atoms with Gasteiger partial charge in [0.15, 0.2) is 0 Å². The third-order valence-corrected chi connectivity index (χ3v) is 8.35. The molecule has 0 radical (unpaired) electrons. The van der Waals surface area contributed by atoms with Crippen molar-refractivity contribution >= 4 is 18.0 Å². The van der Waals surface area contributed by atoms with Gasteiger partial charge in [-0.15, -0.1) is 0 Å². The molecule has 2 N–H and O–H groups in total. The maximum Gasteiger partial charge on any atom is 0.331 e. The Kier molecular flexibility index (Phi) is 6.30. The molecule has 1 unspecified atom stereocenters. The van der Waals surface area contributed by atoms with E-state index < -0.39 is 17.0 Å². The summed E-state index contributed by atoms with van der Waals surface area (Å²) < 4.78 is 5.32. The fourth-order valence-electron chi connectivity index (χ4n) is 6.65. The first-order chi connectivity index (χ1) is 16.7. The van der Waals surface area contributed by atoms with Gasteiger partial charge in [-0.25, -0.2) is 4.79 Å². The number of rotatable bonds is 7. The lowest BCUT2D eigenvalue weighted by Gasteiger charge is -2.58. The van der Waals surface area contributed by atoms with Gasteiger partial charge in [-0.2, -0.15) is 0 Å². The molecule has 0 aromatic heterocycles. The van der Waals surface area contributed by atoms with Gasteiger partial charge in [0.2, 0.25) is 5.91 Å². The number of carbonyl (C=O) groups excluding carboxylic acids is 2. The monoisotopic (exact) mass is 473 g/mol. The summed E-state index contributed by atoms with van der Waals surface area (Å²) in [6.45, 7) is 4.13. The van der Waals surface area contributed by atoms with Crippen LogP contribution in [0, 0.1) is 17.8 Å². The summed E-state index contributed by atoms with van der Waals surface area (Å²) in [4.78, 5) is 25.6. The van der Waals surface area contributed by atoms with Crippen LogP contribution in [0.15, 0.2) is 60.7 Å². The number of nitrogens with one attached hydrogen (secondary N) is 1. The number of benzene rings is 2. The molecule has 4 aliphatic carbocycles. The summed E-state index contributed by atoms with van der Waals surface area (Å²) >= 11 is 0. The highest BCUT2D eigenvalue weighted by atomic mass is 16.5. The fraction of sp³-hybridized carbons (Fsp3) is 0.467. The van der Waals surface area contributed by atoms with Crippen LogP contribution >= 0.6 is 0 Å². The number of esters is 1. The Morgan fingerprint density at radius 1 is 1.06 bits per heavy atom. The Bertz CT molecular complexity index is 1110. The molecule has 2 aromatic carbocycles. The molecule has 0 aliphatic heterocycles. The van der Waals surface area contributed by atoms with Crippen LogP contribution in [-0.2, 0) is 26.3 Å². The maximum atomic E-state index is 13.5. The number of amides is 1. The predicted molar refractivity (Wildman–Crippen MR) is 135 cm³/mol. The quantitative estimate of drug-likeness (QED) is 0.448. The van der Waals surface area contributed by atoms with Gasteiger partial charge in [0, 0.05) is 12.1 Å². The molecule has 6 rings (SSSR count). The molecule has 5 heteroatoms. The van der Waals surface area contributed by atoms with Crippen molar-refractivity contribution < 1.29 is 19.4 Å². The van der Waals surface area contributed by atoms with E-state index in [1.807, 2.05) is 68.4 Å². The van der Waals surface area contributed by atoms with Gasteiger partial charge in [0.05, 0.1) is 11.0 Å². The zero-order chi connectivity index (χ0) is 24.6. The van der Waals surface area contributed by atoms with Gasteiger partial charge in [-0.1, -0.05) is 54.6 Å². The van der Waals surface area contributed by atoms with Gasteiger partial charge in [-0.05, 0) is 86.5 Å². The SMILES string of the molecule is CC(C)(C(=O)N[C@@H]1[C@@H]2CC3C[C@H]1C[C@@](O)(C3)C2)c1cccc(/C=C/C(=O)OCc2ccccc2)c1. The Labute approximate surface area is 207 Å². The van der Waals surface area contributed by atoms with E-state index in [0.717, 1.165) is 48.8 Å². The number of ether oxygens (including phenoxy) is 1. The van der Waals surface area contributed by atoms with E-state index in [1.54, 1.807) is 6.08 Å². The normalized spacial score (nSPS) is 29.3. The van der Waals surface area contributed by atoms with Crippen molar-refractivity contribution in [3.8, 4) is 0 Å². The predicted octanol–water partition coefficient (Wildman–Crippen LogP) is 4.78. The minimum Gasteiger partial charge on any atom is -0.458 e. The molecule has 5 nitrogen and oxygen atoms in total. The summed E-state index contributed by atoms with van der Waals surface area (Å²) in [5.74, 6) is 0.982. The van der Waals surface area contributed by atoms with Crippen molar-refractivity contribution in [1.82, 2.24) is 5.32 Å². The molecular weight excluding hydrogens is 438 g/mol. The number of hydrogen-bond donors (Lipinski definition) is 2. The molecular formula is C30H35NO4. The molecule has 0 heterocycles. The highest BCUT2D eigenvalue weighted by molar-refractivity contribution is 5.89. The van der Waals surface area contributed by atoms with Crippen LogP contribution in [-0.4, -0.2) is 28.6 Å². The van der Waals surface area contributed by atoms with Crippen LogP contribution in [0.5, 0.6) is 0 Å². The molecule has 4 bridgehead atoms. The van der Waals surface area contributed by atoms with Gasteiger partial charge < -0.3 is 15.2 Å². The van der Waals surface area contributed by atoms with Crippen molar-refractivity contribution in [3.63, 3.8) is 0 Å². The second-order valence-electron chi connectivity index (χ2n) is 11.4. The Hall–Kier alpha value is -2.92. The van der Waals surface area contributed by atoms with Gasteiger partial charge in [0.1, 0.15) is 6.61 Å². The van der Waals surface area contributed by atoms with E-state index in [-0.39, 0.29) is 18.6 Å². The summed E-state index contributed by atoms with van der Waals surface area (Å²) in [5.41, 5.74) is 1.46. The van der Waals surface area contributed by atoms with E-state index in [2.05, 4.69) is 5.32 Å². The zero-order valence-electron chi connectivity index (χ0n) is 20.6. The minimum absolute atomic E-state index is 0.0189. The largest absolute Gasteiger partial charge is 0.458 e. The van der Waals surface area contributed by atoms with Crippen LogP contribution in [0.25, 0.3) is 6.08 Å². The topological polar surface area (TPSA) is 75.6 Å². The molecule has 35 heavy (non-hydrogen) atoms. The Morgan fingerprint density at radius 3 is 2.46 bits per heavy atom. The van der Waals surface area contributed by atoms with E-state index in [9.17, 15) is 14.7 Å². The van der Waals surface area contributed by atoms with Crippen molar-refractivity contribution in [2.75, 3.05) is 0 Å². The lowest BCUT2D eigenvalue weighted by atomic mass is 9.52. The smallest absolute Gasteiger partial charge is 0.331 e. The second kappa shape index (κ2) is 9.27. The summed E-state index contributed by atoms with van der Waals surface area (Å²) in [7, 11) is 0. The highest BCUT2D eigenvalue weighted by Gasteiger charge is 2.55. The molecule has 0 saturated heterocycles. The third-order valence-electron chi connectivity index (χ3n) is 8.35. The molecule has 5 atom stereocenters. The van der Waals surface area contributed by atoms with Crippen LogP contribution in [0.2, 0.25) is 0 Å². The van der Waals surface area contributed by atoms with E-state index in [0.29, 0.717) is 17.8 Å². The van der Waals surface area contributed by atoms with E-state index in [4.69, 9.17) is 4.74 Å². The summed E-state index contributed by atoms with van der Waals surface area (Å²) in [5, 5.41) is 14.2. The van der Waals surface area contributed by atoms with Crippen molar-refractivity contribution in [2.24, 2.45) is 17.8 Å². The molecule has 0 spiro atoms. The average molecular weight is 474 g/mol. The van der Waals surface area contributed by atoms with Gasteiger partial charge in [-0.3, -0.25) is 4.79 Å². The lowest BCUT2D eigenvalue weighted by molar-refractivity contribution is -0.148. The van der Waals surface area contributed by atoms with Crippen molar-refractivity contribution in [1.29, 1.82) is 0 Å². The molecule has 184 valence electrons. The van der Waals surface area contributed by atoms with Crippen molar-refractivity contribution in [2.45, 2.75) is 69.6 Å². The Morgan fingerprint density at radius 2 is 1.77 bits per heavy atom. The van der Waals surface area contributed by atoms with Crippen LogP contribution in [0.3, 0.4) is 0 Å². The standard InChI is InChI=1S/C30H35NO4/c1-29(2,28(33)31-27-23-13-22-14-24(27)18-30(34,16-22)17-23)25-10-6-9-20(15-25)11-12-26(32)35-19-21-7-4-3-5-8-21/h3-12,15,22-24,27,34H,13-14,16-19H2,1-2H3,(H,31,33)/b12-11+/t22?,23-,24+,27-,30-. The van der Waals surface area contributed by atoms with Crippen LogP contribution < -0.4 is 5.32 Å². The highest BCUT2D eigenvalue weighted by Crippen LogP contribution is 2.55. The van der Waals surface area contributed by atoms with Gasteiger partial charge in [0.25, 0.3) is 0 Å². The number of carbonyl (C=O) groups is 2. The van der Waals surface area contributed by atoms with Crippen molar-refractivity contribution in [3.05, 3.63) is 77.4 Å². The molecule has 2 aromatic rings. The van der Waals surface area contributed by atoms with E-state index in [1.165, 1.54) is 6.08 Å². The first-order valence-corrected chi connectivity index (χ1v) is 12.7. The lowest BCUT2D eigenvalue weighted by Crippen LogP contribution is -2.62. The molecule has 1 amide bonds. The van der Waals surface area contributed by atoms with E-state index >= 15 is 0 Å². The van der Waals surface area contributed by atoms with Crippen LogP contribution in [0.1, 0.15) is 62.6 Å². The fourth-order valence-corrected chi connectivity index (χ4v) is 6.65. The Balaban J connectivity index is 1.22. The third kappa shape index (κ3) is 5.06. The minimum atomic E-state index is -0.719. The van der Waals surface area contributed by atoms with Crippen LogP contribution in [0.4, 0.5) is 0 Å². The molecule has 4 aliphatic rings.